The summed E-state index contributed by atoms with van der Waals surface area (Å²) in [5.74, 6) is 0.809. The lowest BCUT2D eigenvalue weighted by Crippen LogP contribution is -2.42. The van der Waals surface area contributed by atoms with Crippen LogP contribution in [0, 0.1) is 0 Å². The third kappa shape index (κ3) is 3.93. The Balaban J connectivity index is 1.94. The molecule has 0 bridgehead atoms. The number of phenolic OH excluding ortho intramolecular Hbond substituents is 1. The molecular formula is C23H27N3O5. The van der Waals surface area contributed by atoms with E-state index in [1.54, 1.807) is 20.2 Å². The molecule has 1 atom stereocenters. The number of carbonyl (C=O) groups is 1. The number of aryl methyl sites for hydroxylation is 1. The first-order valence-electron chi connectivity index (χ1n) is 10.1. The van der Waals surface area contributed by atoms with Crippen molar-refractivity contribution in [2.45, 2.75) is 39.2 Å². The molecular weight excluding hydrogens is 398 g/mol. The SMILES string of the molecule is CCc1ccc(C(C)(CC)Nc2c(Nc3cccc(C(=O)N(C)C)c3O)c(=O)c2=O)o1. The summed E-state index contributed by atoms with van der Waals surface area (Å²) in [5.41, 5.74) is -1.65. The first-order valence-corrected chi connectivity index (χ1v) is 10.1. The molecule has 3 N–H and O–H groups in total. The number of phenols is 1. The van der Waals surface area contributed by atoms with Gasteiger partial charge in [0.05, 0.1) is 16.8 Å². The van der Waals surface area contributed by atoms with Crippen molar-refractivity contribution < 1.29 is 14.3 Å². The summed E-state index contributed by atoms with van der Waals surface area (Å²) >= 11 is 0. The van der Waals surface area contributed by atoms with Gasteiger partial charge in [-0.25, -0.2) is 0 Å². The zero-order chi connectivity index (χ0) is 22.9. The molecule has 0 spiro atoms. The van der Waals surface area contributed by atoms with E-state index in [0.29, 0.717) is 12.2 Å². The summed E-state index contributed by atoms with van der Waals surface area (Å²) in [6.45, 7) is 5.82. The second kappa shape index (κ2) is 8.29. The molecule has 0 fully saturated rings. The van der Waals surface area contributed by atoms with E-state index in [0.717, 1.165) is 12.2 Å². The molecule has 1 unspecified atom stereocenters. The molecule has 31 heavy (non-hydrogen) atoms. The number of benzene rings is 1. The Labute approximate surface area is 180 Å². The molecule has 1 heterocycles. The Kier molecular flexibility index (Phi) is 5.92. The van der Waals surface area contributed by atoms with Gasteiger partial charge in [-0.2, -0.15) is 0 Å². The zero-order valence-corrected chi connectivity index (χ0v) is 18.3. The van der Waals surface area contributed by atoms with Crippen LogP contribution in [0.1, 0.15) is 49.1 Å². The van der Waals surface area contributed by atoms with Gasteiger partial charge < -0.3 is 25.1 Å². The van der Waals surface area contributed by atoms with E-state index in [1.807, 2.05) is 32.9 Å². The molecule has 0 aliphatic rings. The summed E-state index contributed by atoms with van der Waals surface area (Å²) in [6.07, 6.45) is 1.34. The standard InChI is InChI=1S/C23H27N3O5/c1-6-13-11-12-16(31-13)23(3,7-2)25-18-17(20(28)21(18)29)24-15-10-8-9-14(19(15)27)22(30)26(4)5/h8-12,24-25,27H,6-7H2,1-5H3. The Bertz CT molecular complexity index is 1190. The predicted molar refractivity (Wildman–Crippen MR) is 120 cm³/mol. The van der Waals surface area contributed by atoms with Crippen molar-refractivity contribution in [3.63, 3.8) is 0 Å². The highest BCUT2D eigenvalue weighted by Crippen LogP contribution is 2.35. The molecule has 1 aromatic heterocycles. The van der Waals surface area contributed by atoms with Crippen LogP contribution in [-0.4, -0.2) is 30.0 Å². The van der Waals surface area contributed by atoms with E-state index in [2.05, 4.69) is 10.6 Å². The fraction of sp³-hybridized carbons (Fsp3) is 0.348. The minimum atomic E-state index is -0.711. The van der Waals surface area contributed by atoms with E-state index in [-0.39, 0.29) is 34.3 Å². The molecule has 8 heteroatoms. The molecule has 1 amide bonds. The molecule has 164 valence electrons. The van der Waals surface area contributed by atoms with Crippen molar-refractivity contribution in [1.82, 2.24) is 4.90 Å². The van der Waals surface area contributed by atoms with E-state index in [9.17, 15) is 19.5 Å². The molecule has 0 saturated heterocycles. The van der Waals surface area contributed by atoms with Gasteiger partial charge in [-0.15, -0.1) is 0 Å². The van der Waals surface area contributed by atoms with Gasteiger partial charge in [0.2, 0.25) is 0 Å². The average molecular weight is 425 g/mol. The van der Waals surface area contributed by atoms with Crippen LogP contribution in [0.3, 0.4) is 0 Å². The molecule has 0 radical (unpaired) electrons. The first-order chi connectivity index (χ1) is 14.6. The fourth-order valence-corrected chi connectivity index (χ4v) is 3.29. The molecule has 0 saturated carbocycles. The third-order valence-corrected chi connectivity index (χ3v) is 5.50. The molecule has 8 nitrogen and oxygen atoms in total. The Morgan fingerprint density at radius 2 is 1.77 bits per heavy atom. The molecule has 0 aliphatic heterocycles. The van der Waals surface area contributed by atoms with Crippen LogP contribution in [0.25, 0.3) is 0 Å². The van der Waals surface area contributed by atoms with Crippen molar-refractivity contribution >= 4 is 23.0 Å². The van der Waals surface area contributed by atoms with Gasteiger partial charge >= 0.3 is 0 Å². The number of anilines is 3. The maximum atomic E-state index is 12.3. The lowest BCUT2D eigenvalue weighted by atomic mass is 9.94. The topological polar surface area (TPSA) is 112 Å². The van der Waals surface area contributed by atoms with E-state index in [4.69, 9.17) is 4.42 Å². The lowest BCUT2D eigenvalue weighted by Gasteiger charge is -2.30. The van der Waals surface area contributed by atoms with Crippen LogP contribution >= 0.6 is 0 Å². The number of hydrogen-bond donors (Lipinski definition) is 3. The molecule has 2 aromatic carbocycles. The van der Waals surface area contributed by atoms with Crippen LogP contribution in [0.2, 0.25) is 0 Å². The smallest absolute Gasteiger partial charge is 0.257 e. The number of aromatic hydroxyl groups is 1. The molecule has 3 aromatic rings. The maximum Gasteiger partial charge on any atom is 0.257 e. The van der Waals surface area contributed by atoms with Gasteiger partial charge in [0.25, 0.3) is 16.8 Å². The minimum absolute atomic E-state index is 0.0386. The number of para-hydroxylation sites is 1. The normalized spacial score (nSPS) is 13.1. The Morgan fingerprint density at radius 1 is 1.10 bits per heavy atom. The van der Waals surface area contributed by atoms with Gasteiger partial charge in [0, 0.05) is 20.5 Å². The summed E-state index contributed by atoms with van der Waals surface area (Å²) in [5, 5.41) is 16.5. The Hall–Kier alpha value is -3.55. The second-order valence-electron chi connectivity index (χ2n) is 7.86. The quantitative estimate of drug-likeness (QED) is 0.375. The zero-order valence-electron chi connectivity index (χ0n) is 18.3. The van der Waals surface area contributed by atoms with E-state index in [1.165, 1.54) is 17.0 Å². The van der Waals surface area contributed by atoms with Crippen LogP contribution in [0.5, 0.6) is 5.75 Å². The first kappa shape index (κ1) is 22.1. The monoisotopic (exact) mass is 425 g/mol. The van der Waals surface area contributed by atoms with E-state index >= 15 is 0 Å². The highest BCUT2D eigenvalue weighted by atomic mass is 16.3. The summed E-state index contributed by atoms with van der Waals surface area (Å²) in [6, 6.07) is 8.35. The van der Waals surface area contributed by atoms with Crippen molar-refractivity contribution in [3.8, 4) is 5.75 Å². The van der Waals surface area contributed by atoms with Crippen LogP contribution in [0.15, 0.2) is 44.3 Å². The fourth-order valence-electron chi connectivity index (χ4n) is 3.29. The third-order valence-electron chi connectivity index (χ3n) is 5.50. The largest absolute Gasteiger partial charge is 0.505 e. The van der Waals surface area contributed by atoms with Crippen LogP contribution < -0.4 is 21.5 Å². The number of nitrogens with zero attached hydrogens (tertiary/aromatic N) is 1. The average Bonchev–Trinajstić information content (AvgIpc) is 3.26. The van der Waals surface area contributed by atoms with Crippen molar-refractivity contribution in [2.75, 3.05) is 24.7 Å². The van der Waals surface area contributed by atoms with Gasteiger partial charge in [-0.3, -0.25) is 14.4 Å². The van der Waals surface area contributed by atoms with Crippen molar-refractivity contribution in [3.05, 3.63) is 67.9 Å². The highest BCUT2D eigenvalue weighted by molar-refractivity contribution is 5.99. The Morgan fingerprint density at radius 3 is 2.35 bits per heavy atom. The number of amides is 1. The molecule has 3 rings (SSSR count). The number of carbonyl (C=O) groups excluding carboxylic acids is 1. The maximum absolute atomic E-state index is 12.3. The van der Waals surface area contributed by atoms with Gasteiger partial charge in [-0.1, -0.05) is 19.9 Å². The molecule has 0 aliphatic carbocycles. The lowest BCUT2D eigenvalue weighted by molar-refractivity contribution is 0.0824. The number of furan rings is 1. The number of nitrogens with one attached hydrogen (secondary N) is 2. The predicted octanol–water partition coefficient (Wildman–Crippen LogP) is 3.33. The second-order valence-corrected chi connectivity index (χ2v) is 7.86. The van der Waals surface area contributed by atoms with Crippen LogP contribution in [0.4, 0.5) is 17.1 Å². The summed E-state index contributed by atoms with van der Waals surface area (Å²) < 4.78 is 5.87. The minimum Gasteiger partial charge on any atom is -0.505 e. The van der Waals surface area contributed by atoms with Gasteiger partial charge in [0.15, 0.2) is 5.75 Å². The van der Waals surface area contributed by atoms with Gasteiger partial charge in [-0.05, 0) is 37.6 Å². The summed E-state index contributed by atoms with van der Waals surface area (Å²) in [7, 11) is 3.15. The van der Waals surface area contributed by atoms with E-state index < -0.39 is 16.4 Å². The van der Waals surface area contributed by atoms with Crippen molar-refractivity contribution in [2.24, 2.45) is 0 Å². The van der Waals surface area contributed by atoms with Crippen molar-refractivity contribution in [1.29, 1.82) is 0 Å². The number of rotatable bonds is 8. The van der Waals surface area contributed by atoms with Gasteiger partial charge in [0.1, 0.15) is 22.9 Å². The highest BCUT2D eigenvalue weighted by Gasteiger charge is 2.33. The number of hydrogen-bond acceptors (Lipinski definition) is 7. The van der Waals surface area contributed by atoms with Crippen LogP contribution in [-0.2, 0) is 12.0 Å². The summed E-state index contributed by atoms with van der Waals surface area (Å²) in [4.78, 5) is 38.2.